The number of nitrogens with one attached hydrogen (secondary N) is 2. The topological polar surface area (TPSA) is 101 Å². The molecule has 1 amide bonds. The lowest BCUT2D eigenvalue weighted by atomic mass is 10.1. The summed E-state index contributed by atoms with van der Waals surface area (Å²) < 4.78 is 22.5. The third-order valence-corrected chi connectivity index (χ3v) is 4.78. The number of carbonyl (C=O) groups excluding carboxylic acids is 1. The van der Waals surface area contributed by atoms with Crippen molar-refractivity contribution in [2.75, 3.05) is 10.6 Å². The van der Waals surface area contributed by atoms with E-state index in [-0.39, 0.29) is 10.8 Å². The van der Waals surface area contributed by atoms with E-state index in [9.17, 15) is 13.2 Å². The molecule has 0 aliphatic carbocycles. The van der Waals surface area contributed by atoms with E-state index in [1.54, 1.807) is 37.3 Å². The SMILES string of the molecule is C/C(Nc1ccc(S(N)(=O)=O)cc1)=C1/C(=O)Nc2ccc(Cl)cc21. The third kappa shape index (κ3) is 3.14. The molecule has 124 valence electrons. The maximum absolute atomic E-state index is 12.2. The van der Waals surface area contributed by atoms with Gasteiger partial charge >= 0.3 is 0 Å². The van der Waals surface area contributed by atoms with Crippen molar-refractivity contribution >= 4 is 44.5 Å². The van der Waals surface area contributed by atoms with E-state index in [0.717, 1.165) is 5.56 Å². The molecule has 0 saturated carbocycles. The molecular weight excluding hydrogens is 350 g/mol. The van der Waals surface area contributed by atoms with Crippen LogP contribution in [-0.2, 0) is 14.8 Å². The van der Waals surface area contributed by atoms with Gasteiger partial charge in [0.1, 0.15) is 0 Å². The predicted octanol–water partition coefficient (Wildman–Crippen LogP) is 2.78. The molecule has 0 aromatic heterocycles. The van der Waals surface area contributed by atoms with Crippen LogP contribution >= 0.6 is 11.6 Å². The number of fused-ring (bicyclic) bond motifs is 1. The molecule has 8 heteroatoms. The Balaban J connectivity index is 1.95. The van der Waals surface area contributed by atoms with E-state index in [1.807, 2.05) is 0 Å². The summed E-state index contributed by atoms with van der Waals surface area (Å²) in [5.74, 6) is -0.224. The molecule has 1 aliphatic heterocycles. The highest BCUT2D eigenvalue weighted by molar-refractivity contribution is 7.89. The highest BCUT2D eigenvalue weighted by Gasteiger charge is 2.26. The van der Waals surface area contributed by atoms with Crippen molar-refractivity contribution in [1.29, 1.82) is 0 Å². The first-order valence-corrected chi connectivity index (χ1v) is 8.90. The van der Waals surface area contributed by atoms with Crippen LogP contribution in [0.2, 0.25) is 5.02 Å². The number of rotatable bonds is 3. The summed E-state index contributed by atoms with van der Waals surface area (Å²) in [6.45, 7) is 1.76. The average molecular weight is 364 g/mol. The van der Waals surface area contributed by atoms with Crippen LogP contribution in [0.3, 0.4) is 0 Å². The van der Waals surface area contributed by atoms with Crippen LogP contribution in [0.15, 0.2) is 53.1 Å². The largest absolute Gasteiger partial charge is 0.358 e. The fourth-order valence-corrected chi connectivity index (χ4v) is 3.21. The fraction of sp³-hybridized carbons (Fsp3) is 0.0625. The van der Waals surface area contributed by atoms with Gasteiger partial charge in [-0.2, -0.15) is 0 Å². The second-order valence-electron chi connectivity index (χ2n) is 5.34. The lowest BCUT2D eigenvalue weighted by Gasteiger charge is -2.10. The first-order valence-electron chi connectivity index (χ1n) is 6.98. The van der Waals surface area contributed by atoms with Crippen molar-refractivity contribution in [1.82, 2.24) is 0 Å². The fourth-order valence-electron chi connectivity index (χ4n) is 2.52. The first-order chi connectivity index (χ1) is 11.3. The molecule has 4 N–H and O–H groups in total. The lowest BCUT2D eigenvalue weighted by molar-refractivity contribution is -0.110. The number of benzene rings is 2. The minimum absolute atomic E-state index is 0.0223. The van der Waals surface area contributed by atoms with Gasteiger partial charge in [-0.1, -0.05) is 11.6 Å². The quantitative estimate of drug-likeness (QED) is 0.730. The number of nitrogens with two attached hydrogens (primary N) is 1. The van der Waals surface area contributed by atoms with E-state index in [4.69, 9.17) is 16.7 Å². The number of allylic oxidation sites excluding steroid dienone is 1. The van der Waals surface area contributed by atoms with E-state index in [1.165, 1.54) is 12.1 Å². The summed E-state index contributed by atoms with van der Waals surface area (Å²) in [6.07, 6.45) is 0. The lowest BCUT2D eigenvalue weighted by Crippen LogP contribution is -2.12. The van der Waals surface area contributed by atoms with Crippen molar-refractivity contribution in [3.8, 4) is 0 Å². The maximum Gasteiger partial charge on any atom is 0.258 e. The van der Waals surface area contributed by atoms with Crippen LogP contribution in [-0.4, -0.2) is 14.3 Å². The van der Waals surface area contributed by atoms with E-state index in [0.29, 0.717) is 27.7 Å². The number of hydrogen-bond acceptors (Lipinski definition) is 4. The smallest absolute Gasteiger partial charge is 0.258 e. The van der Waals surface area contributed by atoms with E-state index < -0.39 is 10.0 Å². The molecule has 0 atom stereocenters. The van der Waals surface area contributed by atoms with Crippen molar-refractivity contribution in [3.05, 3.63) is 58.7 Å². The summed E-state index contributed by atoms with van der Waals surface area (Å²) in [5.41, 5.74) is 3.17. The molecule has 3 rings (SSSR count). The van der Waals surface area contributed by atoms with Crippen LogP contribution < -0.4 is 15.8 Å². The van der Waals surface area contributed by atoms with Crippen molar-refractivity contribution in [2.45, 2.75) is 11.8 Å². The standard InChI is InChI=1S/C16H14ClN3O3S/c1-9(19-11-3-5-12(6-4-11)24(18,22)23)15-13-8-10(17)2-7-14(13)20-16(15)21/h2-8,19H,1H3,(H,20,21)(H2,18,22,23)/b15-9-. The summed E-state index contributed by atoms with van der Waals surface area (Å²) >= 11 is 6.01. The van der Waals surface area contributed by atoms with E-state index >= 15 is 0 Å². The summed E-state index contributed by atoms with van der Waals surface area (Å²) in [7, 11) is -3.74. The maximum atomic E-state index is 12.2. The van der Waals surface area contributed by atoms with Gasteiger partial charge in [0, 0.05) is 27.7 Å². The van der Waals surface area contributed by atoms with Crippen molar-refractivity contribution in [2.24, 2.45) is 5.14 Å². The zero-order valence-corrected chi connectivity index (χ0v) is 14.2. The Morgan fingerprint density at radius 3 is 2.46 bits per heavy atom. The Bertz CT molecular complexity index is 967. The number of amides is 1. The zero-order chi connectivity index (χ0) is 17.5. The Morgan fingerprint density at radius 1 is 1.17 bits per heavy atom. The van der Waals surface area contributed by atoms with Gasteiger partial charge in [-0.25, -0.2) is 13.6 Å². The van der Waals surface area contributed by atoms with Gasteiger partial charge in [0.25, 0.3) is 5.91 Å². The van der Waals surface area contributed by atoms with Crippen LogP contribution in [0.4, 0.5) is 11.4 Å². The normalized spacial score (nSPS) is 15.7. The van der Waals surface area contributed by atoms with E-state index in [2.05, 4.69) is 10.6 Å². The Hall–Kier alpha value is -2.35. The number of halogens is 1. The zero-order valence-electron chi connectivity index (χ0n) is 12.6. The molecule has 0 unspecified atom stereocenters. The molecule has 0 bridgehead atoms. The number of sulfonamides is 1. The van der Waals surface area contributed by atoms with Gasteiger partial charge in [0.15, 0.2) is 0 Å². The average Bonchev–Trinajstić information content (AvgIpc) is 2.82. The molecule has 1 aliphatic rings. The van der Waals surface area contributed by atoms with Crippen LogP contribution in [0, 0.1) is 0 Å². The van der Waals surface area contributed by atoms with Crippen molar-refractivity contribution in [3.63, 3.8) is 0 Å². The molecule has 1 heterocycles. The van der Waals surface area contributed by atoms with Crippen LogP contribution in [0.25, 0.3) is 5.57 Å². The van der Waals surface area contributed by atoms with Crippen LogP contribution in [0.5, 0.6) is 0 Å². The van der Waals surface area contributed by atoms with Gasteiger partial charge in [-0.3, -0.25) is 4.79 Å². The molecule has 6 nitrogen and oxygen atoms in total. The van der Waals surface area contributed by atoms with Crippen LogP contribution in [0.1, 0.15) is 12.5 Å². The molecule has 0 spiro atoms. The van der Waals surface area contributed by atoms with Crippen molar-refractivity contribution < 1.29 is 13.2 Å². The molecule has 0 fully saturated rings. The molecule has 0 radical (unpaired) electrons. The van der Waals surface area contributed by atoms with Gasteiger partial charge in [0.2, 0.25) is 10.0 Å². The second-order valence-corrected chi connectivity index (χ2v) is 7.34. The minimum Gasteiger partial charge on any atom is -0.358 e. The molecule has 2 aromatic carbocycles. The Kier molecular flexibility index (Phi) is 4.08. The monoisotopic (exact) mass is 363 g/mol. The number of primary sulfonamides is 1. The second kappa shape index (κ2) is 5.94. The summed E-state index contributed by atoms with van der Waals surface area (Å²) in [4.78, 5) is 12.2. The number of anilines is 2. The number of carbonyl (C=O) groups is 1. The molecule has 0 saturated heterocycles. The third-order valence-electron chi connectivity index (χ3n) is 3.62. The number of hydrogen-bond donors (Lipinski definition) is 3. The van der Waals surface area contributed by atoms with Gasteiger partial charge in [0.05, 0.1) is 10.5 Å². The Labute approximate surface area is 144 Å². The van der Waals surface area contributed by atoms with Gasteiger partial charge in [-0.05, 0) is 49.4 Å². The van der Waals surface area contributed by atoms with Gasteiger partial charge in [-0.15, -0.1) is 0 Å². The van der Waals surface area contributed by atoms with Gasteiger partial charge < -0.3 is 10.6 Å². The molecule has 24 heavy (non-hydrogen) atoms. The highest BCUT2D eigenvalue weighted by Crippen LogP contribution is 2.35. The molecular formula is C16H14ClN3O3S. The Morgan fingerprint density at radius 2 is 1.83 bits per heavy atom. The predicted molar refractivity (Wildman–Crippen MR) is 94.1 cm³/mol. The minimum atomic E-state index is -3.74. The summed E-state index contributed by atoms with van der Waals surface area (Å²) in [5, 5.41) is 11.5. The highest BCUT2D eigenvalue weighted by atomic mass is 35.5. The summed E-state index contributed by atoms with van der Waals surface area (Å²) in [6, 6.07) is 11.1. The molecule has 2 aromatic rings. The first kappa shape index (κ1) is 16.5.